The van der Waals surface area contributed by atoms with Gasteiger partial charge in [-0.2, -0.15) is 18.4 Å². The Labute approximate surface area is 128 Å². The van der Waals surface area contributed by atoms with Crippen LogP contribution in [0, 0.1) is 0 Å². The van der Waals surface area contributed by atoms with E-state index in [-0.39, 0.29) is 9.58 Å². The van der Waals surface area contributed by atoms with Gasteiger partial charge in [0.1, 0.15) is 11.2 Å². The molecule has 1 aromatic carbocycles. The standard InChI is InChI=1S/C11H8ClF2N5O2S/c12-6-1-2-7-8(3-6)15-4-9(7)22(20,21)18-11-16-5-19(17-11)10(13)14/h1-5,10,15H,(H,17,18). The molecule has 2 aromatic heterocycles. The smallest absolute Gasteiger partial charge is 0.334 e. The highest BCUT2D eigenvalue weighted by atomic mass is 35.5. The molecule has 0 radical (unpaired) electrons. The Hall–Kier alpha value is -2.20. The molecule has 3 rings (SSSR count). The van der Waals surface area contributed by atoms with Crippen molar-refractivity contribution < 1.29 is 17.2 Å². The predicted octanol–water partition coefficient (Wildman–Crippen LogP) is 2.61. The van der Waals surface area contributed by atoms with Crippen molar-refractivity contribution >= 4 is 38.5 Å². The number of hydrogen-bond donors (Lipinski definition) is 2. The molecule has 0 aliphatic rings. The number of rotatable bonds is 4. The topological polar surface area (TPSA) is 92.7 Å². The number of sulfonamides is 1. The molecule has 0 unspecified atom stereocenters. The van der Waals surface area contributed by atoms with E-state index >= 15 is 0 Å². The second-order valence-electron chi connectivity index (χ2n) is 4.27. The van der Waals surface area contributed by atoms with Gasteiger partial charge in [0.15, 0.2) is 0 Å². The van der Waals surface area contributed by atoms with Crippen molar-refractivity contribution in [1.29, 1.82) is 0 Å². The normalized spacial score (nSPS) is 12.2. The summed E-state index contributed by atoms with van der Waals surface area (Å²) >= 11 is 5.83. The summed E-state index contributed by atoms with van der Waals surface area (Å²) in [4.78, 5) is 6.19. The highest BCUT2D eigenvalue weighted by Gasteiger charge is 2.21. The maximum absolute atomic E-state index is 12.4. The molecule has 0 atom stereocenters. The third-order valence-corrected chi connectivity index (χ3v) is 4.43. The van der Waals surface area contributed by atoms with E-state index in [1.807, 2.05) is 4.72 Å². The Morgan fingerprint density at radius 3 is 2.82 bits per heavy atom. The number of nitrogens with zero attached hydrogens (tertiary/aromatic N) is 3. The Balaban J connectivity index is 1.97. The van der Waals surface area contributed by atoms with Crippen LogP contribution in [0.2, 0.25) is 5.02 Å². The summed E-state index contributed by atoms with van der Waals surface area (Å²) in [6.07, 6.45) is 2.00. The summed E-state index contributed by atoms with van der Waals surface area (Å²) < 4.78 is 51.7. The van der Waals surface area contributed by atoms with E-state index in [4.69, 9.17) is 11.6 Å². The van der Waals surface area contributed by atoms with Gasteiger partial charge in [-0.05, 0) is 18.2 Å². The van der Waals surface area contributed by atoms with Gasteiger partial charge in [0, 0.05) is 22.1 Å². The van der Waals surface area contributed by atoms with Crippen LogP contribution in [0.15, 0.2) is 35.6 Å². The lowest BCUT2D eigenvalue weighted by Gasteiger charge is -2.03. The highest BCUT2D eigenvalue weighted by molar-refractivity contribution is 7.93. The molecule has 22 heavy (non-hydrogen) atoms. The summed E-state index contributed by atoms with van der Waals surface area (Å²) in [7, 11) is -4.03. The highest BCUT2D eigenvalue weighted by Crippen LogP contribution is 2.26. The fourth-order valence-corrected chi connectivity index (χ4v) is 3.18. The molecule has 0 fully saturated rings. The van der Waals surface area contributed by atoms with E-state index in [1.54, 1.807) is 12.1 Å². The number of anilines is 1. The van der Waals surface area contributed by atoms with Gasteiger partial charge in [0.05, 0.1) is 0 Å². The number of benzene rings is 1. The van der Waals surface area contributed by atoms with Crippen molar-refractivity contribution in [3.05, 3.63) is 35.7 Å². The minimum Gasteiger partial charge on any atom is -0.360 e. The molecule has 0 bridgehead atoms. The zero-order valence-corrected chi connectivity index (χ0v) is 12.2. The molecule has 116 valence electrons. The fourth-order valence-electron chi connectivity index (χ4n) is 1.88. The molecule has 3 aromatic rings. The maximum atomic E-state index is 12.4. The molecular weight excluding hydrogens is 340 g/mol. The molecule has 2 heterocycles. The van der Waals surface area contributed by atoms with Gasteiger partial charge < -0.3 is 4.98 Å². The first-order chi connectivity index (χ1) is 10.4. The average molecular weight is 348 g/mol. The van der Waals surface area contributed by atoms with Gasteiger partial charge in [-0.3, -0.25) is 0 Å². The summed E-state index contributed by atoms with van der Waals surface area (Å²) in [5.41, 5.74) is 0.527. The molecule has 0 spiro atoms. The van der Waals surface area contributed by atoms with Gasteiger partial charge in [0.2, 0.25) is 0 Å². The van der Waals surface area contributed by atoms with Crippen LogP contribution in [0.25, 0.3) is 10.9 Å². The van der Waals surface area contributed by atoms with E-state index in [0.29, 0.717) is 15.9 Å². The van der Waals surface area contributed by atoms with Crippen LogP contribution in [0.3, 0.4) is 0 Å². The van der Waals surface area contributed by atoms with Gasteiger partial charge in [-0.25, -0.2) is 13.1 Å². The number of aromatic amines is 1. The molecule has 7 nitrogen and oxygen atoms in total. The Morgan fingerprint density at radius 1 is 1.36 bits per heavy atom. The average Bonchev–Trinajstić information content (AvgIpc) is 3.04. The number of hydrogen-bond acceptors (Lipinski definition) is 4. The second kappa shape index (κ2) is 5.21. The molecule has 0 saturated carbocycles. The molecular formula is C11H8ClF2N5O2S. The Morgan fingerprint density at radius 2 is 2.14 bits per heavy atom. The number of alkyl halides is 2. The Bertz CT molecular complexity index is 937. The zero-order valence-electron chi connectivity index (χ0n) is 10.7. The zero-order chi connectivity index (χ0) is 15.9. The van der Waals surface area contributed by atoms with Crippen LogP contribution in [0.1, 0.15) is 6.55 Å². The number of fused-ring (bicyclic) bond motifs is 1. The number of aromatic nitrogens is 4. The molecule has 0 aliphatic heterocycles. The van der Waals surface area contributed by atoms with Crippen molar-refractivity contribution in [3.8, 4) is 0 Å². The van der Waals surface area contributed by atoms with E-state index in [1.165, 1.54) is 12.3 Å². The van der Waals surface area contributed by atoms with E-state index in [2.05, 4.69) is 15.1 Å². The predicted molar refractivity (Wildman–Crippen MR) is 75.4 cm³/mol. The van der Waals surface area contributed by atoms with E-state index in [0.717, 1.165) is 6.33 Å². The first kappa shape index (κ1) is 14.7. The summed E-state index contributed by atoms with van der Waals surface area (Å²) in [6, 6.07) is 4.65. The molecule has 2 N–H and O–H groups in total. The summed E-state index contributed by atoms with van der Waals surface area (Å²) in [5, 5.41) is 4.19. The van der Waals surface area contributed by atoms with Crippen molar-refractivity contribution in [2.75, 3.05) is 4.72 Å². The fraction of sp³-hybridized carbons (Fsp3) is 0.0909. The van der Waals surface area contributed by atoms with Crippen LogP contribution in [0.5, 0.6) is 0 Å². The summed E-state index contributed by atoms with van der Waals surface area (Å²) in [6.45, 7) is -2.90. The van der Waals surface area contributed by atoms with Crippen molar-refractivity contribution in [1.82, 2.24) is 19.7 Å². The first-order valence-electron chi connectivity index (χ1n) is 5.85. The second-order valence-corrected chi connectivity index (χ2v) is 6.36. The van der Waals surface area contributed by atoms with Gasteiger partial charge in [0.25, 0.3) is 16.0 Å². The number of H-pyrrole nitrogens is 1. The molecule has 0 amide bonds. The van der Waals surface area contributed by atoms with Crippen molar-refractivity contribution in [2.24, 2.45) is 0 Å². The molecule has 0 saturated heterocycles. The van der Waals surface area contributed by atoms with E-state index in [9.17, 15) is 17.2 Å². The largest absolute Gasteiger partial charge is 0.360 e. The lowest BCUT2D eigenvalue weighted by Crippen LogP contribution is -2.14. The van der Waals surface area contributed by atoms with Crippen LogP contribution < -0.4 is 4.72 Å². The molecule has 0 aliphatic carbocycles. The maximum Gasteiger partial charge on any atom is 0.334 e. The van der Waals surface area contributed by atoms with Gasteiger partial charge >= 0.3 is 6.55 Å². The third-order valence-electron chi connectivity index (χ3n) is 2.83. The van der Waals surface area contributed by atoms with E-state index < -0.39 is 22.5 Å². The quantitative estimate of drug-likeness (QED) is 0.758. The first-order valence-corrected chi connectivity index (χ1v) is 7.72. The lowest BCUT2D eigenvalue weighted by atomic mass is 10.2. The Kier molecular flexibility index (Phi) is 3.49. The minimum absolute atomic E-state index is 0.0624. The van der Waals surface area contributed by atoms with Crippen LogP contribution in [-0.2, 0) is 10.0 Å². The van der Waals surface area contributed by atoms with Crippen LogP contribution in [0.4, 0.5) is 14.7 Å². The van der Waals surface area contributed by atoms with Crippen molar-refractivity contribution in [3.63, 3.8) is 0 Å². The number of nitrogens with one attached hydrogen (secondary N) is 2. The van der Waals surface area contributed by atoms with Crippen molar-refractivity contribution in [2.45, 2.75) is 11.4 Å². The number of halogens is 3. The van der Waals surface area contributed by atoms with Gasteiger partial charge in [-0.15, -0.1) is 5.10 Å². The lowest BCUT2D eigenvalue weighted by molar-refractivity contribution is 0.0565. The third kappa shape index (κ3) is 2.62. The van der Waals surface area contributed by atoms with Crippen LogP contribution >= 0.6 is 11.6 Å². The van der Waals surface area contributed by atoms with Gasteiger partial charge in [-0.1, -0.05) is 11.6 Å². The molecule has 11 heteroatoms. The minimum atomic E-state index is -4.03. The SMILES string of the molecule is O=S(=O)(Nc1ncn(C(F)F)n1)c1c[nH]c2cc(Cl)ccc12. The monoisotopic (exact) mass is 347 g/mol. The summed E-state index contributed by atoms with van der Waals surface area (Å²) in [5.74, 6) is -0.441. The van der Waals surface area contributed by atoms with Crippen LogP contribution in [-0.4, -0.2) is 28.2 Å².